The highest BCUT2D eigenvalue weighted by Gasteiger charge is 2.09. The van der Waals surface area contributed by atoms with Crippen molar-refractivity contribution in [1.29, 1.82) is 0 Å². The molecule has 0 heterocycles. The minimum Gasteiger partial charge on any atom is -0.495 e. The fourth-order valence-electron chi connectivity index (χ4n) is 2.46. The van der Waals surface area contributed by atoms with Crippen molar-refractivity contribution in [2.24, 2.45) is 0 Å². The van der Waals surface area contributed by atoms with Gasteiger partial charge in [0.1, 0.15) is 5.75 Å². The van der Waals surface area contributed by atoms with Gasteiger partial charge in [-0.05, 0) is 41.3 Å². The molecule has 2 aromatic rings. The number of anilines is 1. The summed E-state index contributed by atoms with van der Waals surface area (Å²) in [5, 5.41) is 5.61. The minimum atomic E-state index is -0.176. The summed E-state index contributed by atoms with van der Waals surface area (Å²) in [7, 11) is 1.54. The second kappa shape index (κ2) is 8.33. The number of ether oxygens (including phenoxy) is 1. The topological polar surface area (TPSA) is 67.4 Å². The molecule has 0 saturated carbocycles. The molecule has 0 unspecified atom stereocenters. The number of nitrogens with one attached hydrogen (secondary N) is 2. The van der Waals surface area contributed by atoms with E-state index in [2.05, 4.69) is 24.5 Å². The molecule has 5 heteroatoms. The first-order valence-corrected chi connectivity index (χ1v) is 8.23. The third-order valence-electron chi connectivity index (χ3n) is 3.87. The molecule has 25 heavy (non-hydrogen) atoms. The van der Waals surface area contributed by atoms with Crippen LogP contribution < -0.4 is 15.4 Å². The number of amides is 2. The van der Waals surface area contributed by atoms with E-state index in [4.69, 9.17) is 4.74 Å². The maximum Gasteiger partial charge on any atom is 0.251 e. The molecule has 0 aliphatic heterocycles. The molecule has 132 valence electrons. The Morgan fingerprint density at radius 3 is 2.32 bits per heavy atom. The Hall–Kier alpha value is -2.82. The molecule has 0 aliphatic carbocycles. The van der Waals surface area contributed by atoms with Crippen molar-refractivity contribution in [3.05, 3.63) is 59.2 Å². The molecule has 2 amide bonds. The van der Waals surface area contributed by atoms with Gasteiger partial charge in [0.2, 0.25) is 5.91 Å². The van der Waals surface area contributed by atoms with Crippen LogP contribution in [-0.4, -0.2) is 18.9 Å². The van der Waals surface area contributed by atoms with Crippen molar-refractivity contribution < 1.29 is 14.3 Å². The van der Waals surface area contributed by atoms with E-state index in [9.17, 15) is 9.59 Å². The lowest BCUT2D eigenvalue weighted by Gasteiger charge is -2.12. The van der Waals surface area contributed by atoms with Crippen molar-refractivity contribution in [2.45, 2.75) is 33.2 Å². The zero-order valence-electron chi connectivity index (χ0n) is 15.1. The Labute approximate surface area is 148 Å². The Kier molecular flexibility index (Phi) is 6.17. The van der Waals surface area contributed by atoms with Gasteiger partial charge in [-0.25, -0.2) is 0 Å². The number of carbonyl (C=O) groups excluding carboxylic acids is 2. The van der Waals surface area contributed by atoms with E-state index in [1.807, 2.05) is 30.3 Å². The Bertz CT molecular complexity index is 752. The zero-order valence-corrected chi connectivity index (χ0v) is 15.1. The number of carbonyl (C=O) groups is 2. The monoisotopic (exact) mass is 340 g/mol. The van der Waals surface area contributed by atoms with Gasteiger partial charge in [-0.2, -0.15) is 0 Å². The quantitative estimate of drug-likeness (QED) is 0.842. The molecule has 0 aromatic heterocycles. The lowest BCUT2D eigenvalue weighted by Crippen LogP contribution is -2.22. The summed E-state index contributed by atoms with van der Waals surface area (Å²) in [6.07, 6.45) is 0. The highest BCUT2D eigenvalue weighted by atomic mass is 16.5. The fourth-order valence-corrected chi connectivity index (χ4v) is 2.46. The number of rotatable bonds is 6. The van der Waals surface area contributed by atoms with Gasteiger partial charge in [-0.1, -0.05) is 32.0 Å². The summed E-state index contributed by atoms with van der Waals surface area (Å²) in [6.45, 7) is 6.03. The third-order valence-corrected chi connectivity index (χ3v) is 3.87. The molecule has 2 aromatic carbocycles. The van der Waals surface area contributed by atoms with Crippen LogP contribution >= 0.6 is 0 Å². The van der Waals surface area contributed by atoms with E-state index < -0.39 is 0 Å². The first-order chi connectivity index (χ1) is 11.9. The van der Waals surface area contributed by atoms with Crippen molar-refractivity contribution in [1.82, 2.24) is 5.32 Å². The minimum absolute atomic E-state index is 0.132. The van der Waals surface area contributed by atoms with Gasteiger partial charge in [0.25, 0.3) is 5.91 Å². The van der Waals surface area contributed by atoms with E-state index in [1.54, 1.807) is 19.2 Å². The van der Waals surface area contributed by atoms with Crippen LogP contribution in [0.25, 0.3) is 0 Å². The largest absolute Gasteiger partial charge is 0.495 e. The van der Waals surface area contributed by atoms with Gasteiger partial charge in [0.05, 0.1) is 12.8 Å². The second-order valence-electron chi connectivity index (χ2n) is 6.18. The lowest BCUT2D eigenvalue weighted by molar-refractivity contribution is -0.114. The molecule has 2 rings (SSSR count). The molecule has 0 aliphatic rings. The Morgan fingerprint density at radius 2 is 1.76 bits per heavy atom. The SMILES string of the molecule is COc1ccc(CNC(=O)c2ccc(C(C)C)cc2)cc1NC(C)=O. The summed E-state index contributed by atoms with van der Waals surface area (Å²) < 4.78 is 5.22. The normalized spacial score (nSPS) is 10.4. The first-order valence-electron chi connectivity index (χ1n) is 8.23. The van der Waals surface area contributed by atoms with Gasteiger partial charge < -0.3 is 15.4 Å². The second-order valence-corrected chi connectivity index (χ2v) is 6.18. The predicted octanol–water partition coefficient (Wildman–Crippen LogP) is 3.71. The average Bonchev–Trinajstić information content (AvgIpc) is 2.59. The van der Waals surface area contributed by atoms with Gasteiger partial charge in [-0.15, -0.1) is 0 Å². The Balaban J connectivity index is 2.04. The van der Waals surface area contributed by atoms with Crippen LogP contribution in [-0.2, 0) is 11.3 Å². The molecule has 0 fully saturated rings. The fraction of sp³-hybridized carbons (Fsp3) is 0.300. The average molecular weight is 340 g/mol. The summed E-state index contributed by atoms with van der Waals surface area (Å²) in [6, 6.07) is 13.0. The molecule has 0 bridgehead atoms. The van der Waals surface area contributed by atoms with Crippen LogP contribution in [0.1, 0.15) is 48.2 Å². The highest BCUT2D eigenvalue weighted by Crippen LogP contribution is 2.25. The highest BCUT2D eigenvalue weighted by molar-refractivity contribution is 5.94. The summed E-state index contributed by atoms with van der Waals surface area (Å²) in [5.41, 5.74) is 3.28. The Morgan fingerprint density at radius 1 is 1.08 bits per heavy atom. The molecule has 2 N–H and O–H groups in total. The molecule has 0 saturated heterocycles. The number of methoxy groups -OCH3 is 1. The molecule has 0 spiro atoms. The van der Waals surface area contributed by atoms with E-state index in [-0.39, 0.29) is 11.8 Å². The van der Waals surface area contributed by atoms with Crippen LogP contribution in [0.5, 0.6) is 5.75 Å². The molecular weight excluding hydrogens is 316 g/mol. The molecule has 0 atom stereocenters. The number of hydrogen-bond acceptors (Lipinski definition) is 3. The molecule has 0 radical (unpaired) electrons. The summed E-state index contributed by atoms with van der Waals surface area (Å²) in [5.74, 6) is 0.704. The van der Waals surface area contributed by atoms with Gasteiger partial charge in [0, 0.05) is 19.0 Å². The van der Waals surface area contributed by atoms with Crippen molar-refractivity contribution in [2.75, 3.05) is 12.4 Å². The molecular formula is C20H24N2O3. The first kappa shape index (κ1) is 18.5. The summed E-state index contributed by atoms with van der Waals surface area (Å²) >= 11 is 0. The zero-order chi connectivity index (χ0) is 18.4. The van der Waals surface area contributed by atoms with Gasteiger partial charge in [0.15, 0.2) is 0 Å². The number of benzene rings is 2. The van der Waals surface area contributed by atoms with Crippen molar-refractivity contribution in [3.63, 3.8) is 0 Å². The maximum atomic E-state index is 12.3. The predicted molar refractivity (Wildman–Crippen MR) is 99.0 cm³/mol. The van der Waals surface area contributed by atoms with E-state index in [0.29, 0.717) is 29.5 Å². The van der Waals surface area contributed by atoms with Crippen LogP contribution in [0.4, 0.5) is 5.69 Å². The molecule has 5 nitrogen and oxygen atoms in total. The van der Waals surface area contributed by atoms with E-state index in [0.717, 1.165) is 5.56 Å². The standard InChI is InChI=1S/C20H24N2O3/c1-13(2)16-6-8-17(9-7-16)20(24)21-12-15-5-10-19(25-4)18(11-15)22-14(3)23/h5-11,13H,12H2,1-4H3,(H,21,24)(H,22,23). The van der Waals surface area contributed by atoms with Crippen LogP contribution in [0.2, 0.25) is 0 Å². The van der Waals surface area contributed by atoms with Crippen LogP contribution in [0.3, 0.4) is 0 Å². The van der Waals surface area contributed by atoms with Crippen molar-refractivity contribution in [3.8, 4) is 5.75 Å². The maximum absolute atomic E-state index is 12.3. The van der Waals surface area contributed by atoms with Gasteiger partial charge >= 0.3 is 0 Å². The van der Waals surface area contributed by atoms with E-state index >= 15 is 0 Å². The van der Waals surface area contributed by atoms with E-state index in [1.165, 1.54) is 12.5 Å². The number of hydrogen-bond donors (Lipinski definition) is 2. The lowest BCUT2D eigenvalue weighted by atomic mass is 10.0. The smallest absolute Gasteiger partial charge is 0.251 e. The van der Waals surface area contributed by atoms with Gasteiger partial charge in [-0.3, -0.25) is 9.59 Å². The van der Waals surface area contributed by atoms with Crippen molar-refractivity contribution >= 4 is 17.5 Å². The third kappa shape index (κ3) is 5.08. The summed E-state index contributed by atoms with van der Waals surface area (Å²) in [4.78, 5) is 23.6. The van der Waals surface area contributed by atoms with Crippen LogP contribution in [0.15, 0.2) is 42.5 Å². The van der Waals surface area contributed by atoms with Crippen LogP contribution in [0, 0.1) is 0 Å².